The van der Waals surface area contributed by atoms with E-state index in [1.807, 2.05) is 30.3 Å². The summed E-state index contributed by atoms with van der Waals surface area (Å²) in [5.74, 6) is 1.88. The van der Waals surface area contributed by atoms with Crippen molar-refractivity contribution < 1.29 is 4.42 Å². The van der Waals surface area contributed by atoms with Crippen molar-refractivity contribution in [1.29, 1.82) is 0 Å². The van der Waals surface area contributed by atoms with E-state index in [1.165, 1.54) is 16.2 Å². The summed E-state index contributed by atoms with van der Waals surface area (Å²) in [4.78, 5) is 15.5. The van der Waals surface area contributed by atoms with Crippen molar-refractivity contribution >= 4 is 54.3 Å². The molecule has 0 unspecified atom stereocenters. The van der Waals surface area contributed by atoms with Crippen LogP contribution in [-0.4, -0.2) is 15.0 Å². The summed E-state index contributed by atoms with van der Waals surface area (Å²) >= 11 is 0. The molecule has 0 aliphatic carbocycles. The summed E-state index contributed by atoms with van der Waals surface area (Å²) in [5, 5.41) is 9.00. The van der Waals surface area contributed by atoms with Gasteiger partial charge in [-0.15, -0.1) is 0 Å². The molecule has 208 valence electrons. The van der Waals surface area contributed by atoms with Crippen molar-refractivity contribution in [2.24, 2.45) is 0 Å². The zero-order valence-electron chi connectivity index (χ0n) is 23.0. The first-order valence-corrected chi connectivity index (χ1v) is 14.4. The van der Waals surface area contributed by atoms with Gasteiger partial charge < -0.3 is 4.42 Å². The normalized spacial score (nSPS) is 11.5. The van der Waals surface area contributed by atoms with Crippen LogP contribution >= 0.6 is 0 Å². The van der Waals surface area contributed by atoms with E-state index in [0.29, 0.717) is 17.5 Å². The topological polar surface area (TPSA) is 51.8 Å². The van der Waals surface area contributed by atoms with E-state index in [1.54, 1.807) is 0 Å². The Bertz CT molecular complexity index is 2530. The first kappa shape index (κ1) is 25.8. The Labute approximate surface area is 254 Å². The zero-order valence-corrected chi connectivity index (χ0v) is 23.0. The highest BCUT2D eigenvalue weighted by Crippen LogP contribution is 2.38. The number of furan rings is 1. The highest BCUT2D eigenvalue weighted by Gasteiger charge is 2.19. The second-order valence-electron chi connectivity index (χ2n) is 10.8. The van der Waals surface area contributed by atoms with Crippen LogP contribution in [0.2, 0.25) is 0 Å². The van der Waals surface area contributed by atoms with Crippen molar-refractivity contribution in [3.8, 4) is 34.2 Å². The van der Waals surface area contributed by atoms with Crippen LogP contribution in [-0.2, 0) is 0 Å². The van der Waals surface area contributed by atoms with E-state index in [4.69, 9.17) is 19.4 Å². The van der Waals surface area contributed by atoms with Crippen LogP contribution in [0.15, 0.2) is 144 Å². The van der Waals surface area contributed by atoms with Crippen LogP contribution in [0.3, 0.4) is 0 Å². The van der Waals surface area contributed by atoms with E-state index in [-0.39, 0.29) is 7.43 Å². The van der Waals surface area contributed by atoms with Crippen LogP contribution in [0.5, 0.6) is 0 Å². The largest absolute Gasteiger partial charge is 0.456 e. The molecule has 0 bridgehead atoms. The lowest BCUT2D eigenvalue weighted by Crippen LogP contribution is -2.01. The third-order valence-electron chi connectivity index (χ3n) is 8.30. The van der Waals surface area contributed by atoms with Gasteiger partial charge in [0.25, 0.3) is 0 Å². The van der Waals surface area contributed by atoms with Gasteiger partial charge in [0, 0.05) is 27.5 Å². The SMILES string of the molecule is C.c1ccc2cc(-c3nc(-c4cc5ccccc5c5ccccc45)nc(-c4cccc5oc6ccccc6c45)n3)ccc2c1. The van der Waals surface area contributed by atoms with Crippen molar-refractivity contribution in [3.63, 3.8) is 0 Å². The molecule has 0 aliphatic heterocycles. The molecule has 7 aromatic carbocycles. The molecule has 4 heteroatoms. The molecule has 2 heterocycles. The summed E-state index contributed by atoms with van der Waals surface area (Å²) in [6, 6.07) is 48.1. The van der Waals surface area contributed by atoms with Crippen molar-refractivity contribution in [2.75, 3.05) is 0 Å². The highest BCUT2D eigenvalue weighted by atomic mass is 16.3. The Morgan fingerprint density at radius 1 is 0.386 bits per heavy atom. The number of nitrogens with zero attached hydrogens (tertiary/aromatic N) is 3. The quantitative estimate of drug-likeness (QED) is 0.200. The van der Waals surface area contributed by atoms with Crippen LogP contribution in [0.1, 0.15) is 7.43 Å². The number of fused-ring (bicyclic) bond motifs is 7. The minimum atomic E-state index is 0. The van der Waals surface area contributed by atoms with Gasteiger partial charge in [-0.05, 0) is 56.6 Å². The van der Waals surface area contributed by atoms with E-state index in [9.17, 15) is 0 Å². The van der Waals surface area contributed by atoms with Gasteiger partial charge in [-0.2, -0.15) is 0 Å². The lowest BCUT2D eigenvalue weighted by Gasteiger charge is -2.13. The van der Waals surface area contributed by atoms with Gasteiger partial charge in [0.15, 0.2) is 17.5 Å². The summed E-state index contributed by atoms with van der Waals surface area (Å²) in [6.07, 6.45) is 0. The Hall–Kier alpha value is -5.87. The fourth-order valence-electron chi connectivity index (χ4n) is 6.27. The van der Waals surface area contributed by atoms with Crippen LogP contribution in [0, 0.1) is 0 Å². The smallest absolute Gasteiger partial charge is 0.164 e. The van der Waals surface area contributed by atoms with Crippen LogP contribution < -0.4 is 0 Å². The number of benzene rings is 7. The fourth-order valence-corrected chi connectivity index (χ4v) is 6.27. The van der Waals surface area contributed by atoms with Gasteiger partial charge in [-0.1, -0.05) is 123 Å². The van der Waals surface area contributed by atoms with Crippen LogP contribution in [0.4, 0.5) is 0 Å². The third kappa shape index (κ3) is 4.03. The molecule has 44 heavy (non-hydrogen) atoms. The molecule has 0 saturated carbocycles. The van der Waals surface area contributed by atoms with Crippen molar-refractivity contribution in [2.45, 2.75) is 7.43 Å². The number of rotatable bonds is 3. The average Bonchev–Trinajstić information content (AvgIpc) is 3.46. The fraction of sp³-hybridized carbons (Fsp3) is 0.0250. The summed E-state index contributed by atoms with van der Waals surface area (Å²) < 4.78 is 6.23. The summed E-state index contributed by atoms with van der Waals surface area (Å²) in [6.45, 7) is 0. The van der Waals surface area contributed by atoms with Gasteiger partial charge in [0.1, 0.15) is 11.2 Å². The maximum absolute atomic E-state index is 6.23. The van der Waals surface area contributed by atoms with Crippen molar-refractivity contribution in [1.82, 2.24) is 15.0 Å². The molecule has 0 spiro atoms. The average molecular weight is 566 g/mol. The van der Waals surface area contributed by atoms with Gasteiger partial charge in [0.05, 0.1) is 0 Å². The molecule has 0 saturated heterocycles. The van der Waals surface area contributed by atoms with Gasteiger partial charge in [-0.3, -0.25) is 0 Å². The molecule has 2 aromatic heterocycles. The maximum Gasteiger partial charge on any atom is 0.164 e. The molecule has 0 amide bonds. The standard InChI is InChI=1S/C39H23N3O.CH4/c1-2-11-25-22-27(21-20-24(25)10-1)37-40-38(32-17-9-19-35-36(32)31-16-7-8-18-34(31)43-35)42-39(41-37)33-23-26-12-3-4-13-28(26)29-14-5-6-15-30(29)33;/h1-23H;1H4. The van der Waals surface area contributed by atoms with E-state index in [2.05, 4.69) is 109 Å². The van der Waals surface area contributed by atoms with Gasteiger partial charge >= 0.3 is 0 Å². The lowest BCUT2D eigenvalue weighted by atomic mass is 9.96. The van der Waals surface area contributed by atoms with Gasteiger partial charge in [-0.25, -0.2) is 15.0 Å². The summed E-state index contributed by atoms with van der Waals surface area (Å²) in [5.41, 5.74) is 4.49. The highest BCUT2D eigenvalue weighted by molar-refractivity contribution is 6.14. The predicted octanol–water partition coefficient (Wildman–Crippen LogP) is 10.9. The van der Waals surface area contributed by atoms with Crippen molar-refractivity contribution in [3.05, 3.63) is 140 Å². The second kappa shape index (κ2) is 10.1. The Balaban J connectivity index is 0.00000289. The molecule has 0 atom stereocenters. The Morgan fingerprint density at radius 3 is 1.84 bits per heavy atom. The Kier molecular flexibility index (Phi) is 5.95. The molecule has 0 radical (unpaired) electrons. The predicted molar refractivity (Wildman–Crippen MR) is 183 cm³/mol. The maximum atomic E-state index is 6.23. The minimum absolute atomic E-state index is 0. The van der Waals surface area contributed by atoms with E-state index in [0.717, 1.165) is 54.8 Å². The lowest BCUT2D eigenvalue weighted by molar-refractivity contribution is 0.669. The van der Waals surface area contributed by atoms with Gasteiger partial charge in [0.2, 0.25) is 0 Å². The number of para-hydroxylation sites is 1. The number of aromatic nitrogens is 3. The number of hydrogen-bond donors (Lipinski definition) is 0. The molecular formula is C40H27N3O. The molecule has 0 fully saturated rings. The third-order valence-corrected chi connectivity index (χ3v) is 8.30. The number of hydrogen-bond acceptors (Lipinski definition) is 4. The molecule has 9 rings (SSSR count). The molecule has 9 aromatic rings. The zero-order chi connectivity index (χ0) is 28.3. The first-order valence-electron chi connectivity index (χ1n) is 14.4. The Morgan fingerprint density at radius 2 is 1.00 bits per heavy atom. The summed E-state index contributed by atoms with van der Waals surface area (Å²) in [7, 11) is 0. The molecule has 0 aliphatic rings. The van der Waals surface area contributed by atoms with Crippen LogP contribution in [0.25, 0.3) is 88.4 Å². The monoisotopic (exact) mass is 565 g/mol. The minimum Gasteiger partial charge on any atom is -0.456 e. The first-order chi connectivity index (χ1) is 21.3. The van der Waals surface area contributed by atoms with E-state index < -0.39 is 0 Å². The molecular weight excluding hydrogens is 538 g/mol. The van der Waals surface area contributed by atoms with E-state index >= 15 is 0 Å². The molecule has 0 N–H and O–H groups in total. The second-order valence-corrected chi connectivity index (χ2v) is 10.8. The molecule has 4 nitrogen and oxygen atoms in total.